The average molecular weight is 558 g/mol. The van der Waals surface area contributed by atoms with E-state index in [1.807, 2.05) is 24.3 Å². The van der Waals surface area contributed by atoms with Gasteiger partial charge in [-0.05, 0) is 67.7 Å². The van der Waals surface area contributed by atoms with Gasteiger partial charge in [0, 0.05) is 10.6 Å². The molecule has 0 unspecified atom stereocenters. The Morgan fingerprint density at radius 2 is 1.39 bits per heavy atom. The van der Waals surface area contributed by atoms with Gasteiger partial charge in [-0.25, -0.2) is 4.79 Å². The Labute approximate surface area is 209 Å². The maximum Gasteiger partial charge on any atom is 0.344 e. The lowest BCUT2D eigenvalue weighted by atomic mass is 10.2. The third kappa shape index (κ3) is 6.14. The summed E-state index contributed by atoms with van der Waals surface area (Å²) < 4.78 is 6.83. The summed E-state index contributed by atoms with van der Waals surface area (Å²) in [7, 11) is 1.50. The molecular formula is C21H21NO5P2S4. The molecule has 0 spiro atoms. The molecule has 1 fully saturated rings. The smallest absolute Gasteiger partial charge is 0.344 e. The third-order valence-corrected chi connectivity index (χ3v) is 35.5. The second-order valence-corrected chi connectivity index (χ2v) is 27.7. The Morgan fingerprint density at radius 3 is 1.94 bits per heavy atom. The molecule has 0 saturated carbocycles. The number of para-hydroxylation sites is 1. The molecule has 6 nitrogen and oxygen atoms in total. The molecule has 0 bridgehead atoms. The van der Waals surface area contributed by atoms with Gasteiger partial charge in [0.15, 0.2) is 0 Å². The minimum Gasteiger partial charge on any atom is -0.508 e. The van der Waals surface area contributed by atoms with Crippen LogP contribution in [0.3, 0.4) is 0 Å². The van der Waals surface area contributed by atoms with Gasteiger partial charge < -0.3 is 25.4 Å². The predicted octanol–water partition coefficient (Wildman–Crippen LogP) is 4.92. The normalized spacial score (nSPS) is 21.2. The number of aromatic hydroxyl groups is 2. The minimum atomic E-state index is -1.87. The van der Waals surface area contributed by atoms with Crippen LogP contribution in [-0.2, 0) is 28.4 Å². The van der Waals surface area contributed by atoms with Crippen LogP contribution >= 0.6 is 30.9 Å². The van der Waals surface area contributed by atoms with Gasteiger partial charge in [0.25, 0.3) is 0 Å². The van der Waals surface area contributed by atoms with Crippen molar-refractivity contribution in [3.8, 4) is 17.2 Å². The van der Waals surface area contributed by atoms with Crippen LogP contribution in [0.2, 0.25) is 0 Å². The van der Waals surface area contributed by atoms with E-state index in [1.165, 1.54) is 19.2 Å². The van der Waals surface area contributed by atoms with E-state index in [9.17, 15) is 15.0 Å². The maximum atomic E-state index is 12.0. The number of nitrogens with two attached hydrogens (primary N) is 1. The average Bonchev–Trinajstić information content (AvgIpc) is 2.80. The topological polar surface area (TPSA) is 102 Å². The summed E-state index contributed by atoms with van der Waals surface area (Å²) in [4.78, 5) is 12.0. The molecular weight excluding hydrogens is 536 g/mol. The van der Waals surface area contributed by atoms with Gasteiger partial charge in [-0.2, -0.15) is 0 Å². The molecule has 1 saturated heterocycles. The lowest BCUT2D eigenvalue weighted by Crippen LogP contribution is -2.11. The highest BCUT2D eigenvalue weighted by atomic mass is 33.7. The molecule has 174 valence electrons. The zero-order valence-corrected chi connectivity index (χ0v) is 22.4. The van der Waals surface area contributed by atoms with Crippen molar-refractivity contribution in [3.05, 3.63) is 78.4 Å². The van der Waals surface area contributed by atoms with Crippen LogP contribution in [0.25, 0.3) is 0 Å². The number of phenolic OH excluding ortho intramolecular Hbond substituents is 2. The lowest BCUT2D eigenvalue weighted by Gasteiger charge is -2.40. The second-order valence-electron chi connectivity index (χ2n) is 6.38. The van der Waals surface area contributed by atoms with Crippen molar-refractivity contribution in [2.45, 2.75) is 0 Å². The Balaban J connectivity index is 0.00000149. The highest BCUT2D eigenvalue weighted by Crippen LogP contribution is 3.04. The molecule has 0 atom stereocenters. The summed E-state index contributed by atoms with van der Waals surface area (Å²) in [6, 6.07) is 20.7. The molecule has 0 aliphatic carbocycles. The van der Waals surface area contributed by atoms with Gasteiger partial charge in [-0.1, -0.05) is 57.7 Å². The fourth-order valence-electron chi connectivity index (χ4n) is 2.71. The van der Waals surface area contributed by atoms with Gasteiger partial charge in [-0.3, -0.25) is 0 Å². The molecule has 0 amide bonds. The minimum absolute atomic E-state index is 0.0858. The highest BCUT2D eigenvalue weighted by molar-refractivity contribution is 9.48. The van der Waals surface area contributed by atoms with E-state index in [2.05, 4.69) is 5.73 Å². The zero-order chi connectivity index (χ0) is 24.1. The number of phenols is 2. The summed E-state index contributed by atoms with van der Waals surface area (Å²) in [5, 5.41) is 21.3. The standard InChI is InChI=1S/C20H16O5P2S4.CH5N/c21-14-5-9-16(10-6-14)26(28)30-27(29,31-26)17-11-7-15(8-12-17)24-13-25-20(23)18-3-1-2-4-19(18)22;1-2/h1-12,21-22H,13H2;2H2,1H3. The van der Waals surface area contributed by atoms with Crippen molar-refractivity contribution < 1.29 is 24.5 Å². The number of carbonyl (C=O) groups excluding carboxylic acids is 1. The van der Waals surface area contributed by atoms with Crippen LogP contribution < -0.4 is 21.1 Å². The van der Waals surface area contributed by atoms with E-state index >= 15 is 0 Å². The Hall–Kier alpha value is -1.51. The SMILES string of the molecule is CN.O=C(OCOc1ccc(P2(=S)SP(=S)(c3ccc(O)cc3)S2)cc1)c1ccccc1O. The molecule has 1 aliphatic heterocycles. The molecule has 3 aromatic carbocycles. The van der Waals surface area contributed by atoms with E-state index in [0.29, 0.717) is 5.75 Å². The Bertz CT molecular complexity index is 1210. The summed E-state index contributed by atoms with van der Waals surface area (Å²) >= 11 is 15.2. The zero-order valence-electron chi connectivity index (χ0n) is 17.4. The predicted molar refractivity (Wildman–Crippen MR) is 147 cm³/mol. The monoisotopic (exact) mass is 557 g/mol. The van der Waals surface area contributed by atoms with E-state index < -0.39 is 14.9 Å². The van der Waals surface area contributed by atoms with Gasteiger partial charge >= 0.3 is 5.97 Å². The molecule has 0 aromatic heterocycles. The fourth-order valence-corrected chi connectivity index (χ4v) is 45.0. The number of benzene rings is 3. The Kier molecular flexibility index (Phi) is 8.92. The second kappa shape index (κ2) is 11.3. The highest BCUT2D eigenvalue weighted by Gasteiger charge is 2.45. The first kappa shape index (κ1) is 26.1. The summed E-state index contributed by atoms with van der Waals surface area (Å²) in [5.74, 6) is -0.0292. The number of hydrogen-bond acceptors (Lipinski definition) is 10. The number of esters is 1. The molecule has 0 radical (unpaired) electrons. The van der Waals surface area contributed by atoms with Gasteiger partial charge in [-0.15, -0.1) is 0 Å². The number of rotatable bonds is 6. The largest absolute Gasteiger partial charge is 0.508 e. The summed E-state index contributed by atoms with van der Waals surface area (Å²) in [6.45, 7) is -0.272. The van der Waals surface area contributed by atoms with Crippen LogP contribution in [0.5, 0.6) is 17.2 Å². The third-order valence-electron chi connectivity index (χ3n) is 4.29. The van der Waals surface area contributed by atoms with Crippen LogP contribution in [-0.4, -0.2) is 30.0 Å². The maximum absolute atomic E-state index is 12.0. The van der Waals surface area contributed by atoms with Crippen molar-refractivity contribution in [1.29, 1.82) is 0 Å². The van der Waals surface area contributed by atoms with Crippen LogP contribution in [0, 0.1) is 0 Å². The van der Waals surface area contributed by atoms with E-state index in [1.54, 1.807) is 58.4 Å². The van der Waals surface area contributed by atoms with Crippen molar-refractivity contribution in [3.63, 3.8) is 0 Å². The van der Waals surface area contributed by atoms with Gasteiger partial charge in [0.2, 0.25) is 6.79 Å². The molecule has 1 heterocycles. The lowest BCUT2D eigenvalue weighted by molar-refractivity contribution is 0.0151. The fraction of sp³-hybridized carbons (Fsp3) is 0.0952. The summed E-state index contributed by atoms with van der Waals surface area (Å²) in [5.41, 5.74) is 4.59. The molecule has 1 aliphatic rings. The number of ether oxygens (including phenoxy) is 2. The van der Waals surface area contributed by atoms with Crippen LogP contribution in [0.15, 0.2) is 72.8 Å². The first-order chi connectivity index (χ1) is 15.8. The molecule has 33 heavy (non-hydrogen) atoms. The quantitative estimate of drug-likeness (QED) is 0.220. The van der Waals surface area contributed by atoms with Crippen molar-refractivity contribution in [1.82, 2.24) is 0 Å². The van der Waals surface area contributed by atoms with Crippen molar-refractivity contribution in [2.75, 3.05) is 13.8 Å². The first-order valence-electron chi connectivity index (χ1n) is 9.48. The van der Waals surface area contributed by atoms with Crippen LogP contribution in [0.1, 0.15) is 10.4 Å². The van der Waals surface area contributed by atoms with E-state index in [0.717, 1.165) is 10.6 Å². The molecule has 4 N–H and O–H groups in total. The van der Waals surface area contributed by atoms with Gasteiger partial charge in [0.1, 0.15) is 22.8 Å². The number of hydrogen-bond donors (Lipinski definition) is 3. The number of carbonyl (C=O) groups is 1. The Morgan fingerprint density at radius 1 is 0.879 bits per heavy atom. The molecule has 4 rings (SSSR count). The van der Waals surface area contributed by atoms with E-state index in [4.69, 9.17) is 33.1 Å². The van der Waals surface area contributed by atoms with Crippen molar-refractivity contribution in [2.24, 2.45) is 5.73 Å². The van der Waals surface area contributed by atoms with Crippen LogP contribution in [0.4, 0.5) is 0 Å². The van der Waals surface area contributed by atoms with E-state index in [-0.39, 0.29) is 23.9 Å². The molecule has 12 heteroatoms. The van der Waals surface area contributed by atoms with Crippen molar-refractivity contribution >= 4 is 71.1 Å². The van der Waals surface area contributed by atoms with Gasteiger partial charge in [0.05, 0.1) is 8.88 Å². The first-order valence-corrected chi connectivity index (χ1v) is 19.1. The molecule has 3 aromatic rings. The summed E-state index contributed by atoms with van der Waals surface area (Å²) in [6.07, 6.45) is 0.